The predicted molar refractivity (Wildman–Crippen MR) is 65.8 cm³/mol. The minimum absolute atomic E-state index is 0. The van der Waals surface area contributed by atoms with Gasteiger partial charge in [-0.1, -0.05) is 18.7 Å². The number of nitrogens with zero attached hydrogens (tertiary/aromatic N) is 1. The normalized spacial score (nSPS) is 10.6. The fraction of sp³-hybridized carbons (Fsp3) is 0.545. The van der Waals surface area contributed by atoms with Gasteiger partial charge in [-0.3, -0.25) is 4.84 Å². The summed E-state index contributed by atoms with van der Waals surface area (Å²) in [5.74, 6) is -0.486. The van der Waals surface area contributed by atoms with Crippen LogP contribution in [0.2, 0.25) is 0 Å². The first-order chi connectivity index (χ1) is 7.97. The van der Waals surface area contributed by atoms with Crippen molar-refractivity contribution >= 4 is 17.8 Å². The van der Waals surface area contributed by atoms with Crippen LogP contribution in [-0.4, -0.2) is 30.9 Å². The summed E-state index contributed by atoms with van der Waals surface area (Å²) in [6, 6.07) is 0. The number of nitrogens with one attached hydrogen (secondary N) is 1. The van der Waals surface area contributed by atoms with E-state index < -0.39 is 12.1 Å². The fourth-order valence-electron chi connectivity index (χ4n) is 0.636. The smallest absolute Gasteiger partial charge is 0.433 e. The molecule has 0 heterocycles. The molecule has 0 aromatic rings. The highest BCUT2D eigenvalue weighted by Gasteiger charge is 2.04. The van der Waals surface area contributed by atoms with Crippen LogP contribution in [0.5, 0.6) is 0 Å². The van der Waals surface area contributed by atoms with E-state index in [2.05, 4.69) is 21.9 Å². The molecule has 6 heteroatoms. The molecule has 0 aromatic carbocycles. The Morgan fingerprint density at radius 3 is 2.59 bits per heavy atom. The Morgan fingerprint density at radius 1 is 1.41 bits per heavy atom. The van der Waals surface area contributed by atoms with Gasteiger partial charge in [0.1, 0.15) is 6.61 Å². The number of carbonyl (C=O) groups is 2. The van der Waals surface area contributed by atoms with Crippen molar-refractivity contribution in [2.24, 2.45) is 5.16 Å². The summed E-state index contributed by atoms with van der Waals surface area (Å²) in [6.45, 7) is 8.85. The average molecular weight is 244 g/mol. The number of hydrogen-bond acceptors (Lipinski definition) is 5. The van der Waals surface area contributed by atoms with Crippen LogP contribution in [0.25, 0.3) is 0 Å². The average Bonchev–Trinajstić information content (AvgIpc) is 2.30. The van der Waals surface area contributed by atoms with Gasteiger partial charge in [0.25, 0.3) is 0 Å². The molecular weight excluding hydrogens is 224 g/mol. The van der Waals surface area contributed by atoms with E-state index in [0.29, 0.717) is 17.7 Å². The summed E-state index contributed by atoms with van der Waals surface area (Å²) in [6.07, 6.45) is 0.0351. The van der Waals surface area contributed by atoms with Gasteiger partial charge in [0.05, 0.1) is 12.3 Å². The van der Waals surface area contributed by atoms with Crippen LogP contribution >= 0.6 is 0 Å². The maximum Gasteiger partial charge on any atom is 0.433 e. The molecular formula is C11H20N2O4. The number of esters is 1. The van der Waals surface area contributed by atoms with Gasteiger partial charge < -0.3 is 10.1 Å². The molecule has 0 aliphatic rings. The molecule has 0 fully saturated rings. The Balaban J connectivity index is 0. The van der Waals surface area contributed by atoms with Crippen molar-refractivity contribution in [1.29, 1.82) is 0 Å². The fourth-order valence-corrected chi connectivity index (χ4v) is 0.636. The number of hydrogen-bond donors (Lipinski definition) is 1. The standard InChI is InChI=1S/C11H18N2O4.H2/c1-5-9(4)13-17-11(15)12-6-7-16-10(14)8(2)3;/h2,5-7H2,1,3-4H3,(H,12,15);1H/b13-9+;. The lowest BCUT2D eigenvalue weighted by atomic mass is 10.3. The van der Waals surface area contributed by atoms with Crippen molar-refractivity contribution in [3.63, 3.8) is 0 Å². The number of amides is 1. The van der Waals surface area contributed by atoms with Crippen LogP contribution in [0.1, 0.15) is 28.6 Å². The third-order valence-electron chi connectivity index (χ3n) is 1.75. The van der Waals surface area contributed by atoms with E-state index in [0.717, 1.165) is 0 Å². The van der Waals surface area contributed by atoms with Gasteiger partial charge in [0.2, 0.25) is 0 Å². The maximum atomic E-state index is 11.0. The van der Waals surface area contributed by atoms with E-state index >= 15 is 0 Å². The molecule has 0 aromatic heterocycles. The summed E-state index contributed by atoms with van der Waals surface area (Å²) in [4.78, 5) is 26.5. The Kier molecular flexibility index (Phi) is 7.41. The zero-order valence-corrected chi connectivity index (χ0v) is 10.4. The van der Waals surface area contributed by atoms with E-state index in [4.69, 9.17) is 4.74 Å². The monoisotopic (exact) mass is 244 g/mol. The Bertz CT molecular complexity index is 329. The van der Waals surface area contributed by atoms with Crippen molar-refractivity contribution in [2.45, 2.75) is 27.2 Å². The van der Waals surface area contributed by atoms with Crippen LogP contribution in [0, 0.1) is 0 Å². The molecule has 0 aliphatic heterocycles. The molecule has 0 rings (SSSR count). The first kappa shape index (κ1) is 15.2. The Morgan fingerprint density at radius 2 is 2.06 bits per heavy atom. The lowest BCUT2D eigenvalue weighted by Gasteiger charge is -2.05. The second kappa shape index (κ2) is 8.32. The van der Waals surface area contributed by atoms with E-state index in [1.807, 2.05) is 6.92 Å². The van der Waals surface area contributed by atoms with Gasteiger partial charge in [-0.25, -0.2) is 9.59 Å². The molecule has 17 heavy (non-hydrogen) atoms. The SMILES string of the molecule is C=C(C)C(=O)OCCNC(=O)O/N=C(\C)CC.[HH]. The van der Waals surface area contributed by atoms with E-state index in [1.165, 1.54) is 0 Å². The lowest BCUT2D eigenvalue weighted by molar-refractivity contribution is -0.138. The zero-order chi connectivity index (χ0) is 13.3. The largest absolute Gasteiger partial charge is 0.460 e. The van der Waals surface area contributed by atoms with E-state index in [1.54, 1.807) is 13.8 Å². The van der Waals surface area contributed by atoms with E-state index in [9.17, 15) is 9.59 Å². The quantitative estimate of drug-likeness (QED) is 0.193. The Labute approximate surface area is 102 Å². The van der Waals surface area contributed by atoms with E-state index in [-0.39, 0.29) is 14.6 Å². The highest BCUT2D eigenvalue weighted by Crippen LogP contribution is 1.91. The minimum Gasteiger partial charge on any atom is -0.460 e. The van der Waals surface area contributed by atoms with Crippen LogP contribution in [0.4, 0.5) is 4.79 Å². The molecule has 0 saturated heterocycles. The minimum atomic E-state index is -0.677. The highest BCUT2D eigenvalue weighted by molar-refractivity contribution is 5.86. The molecule has 98 valence electrons. The number of oxime groups is 1. The van der Waals surface area contributed by atoms with Crippen LogP contribution < -0.4 is 5.32 Å². The van der Waals surface area contributed by atoms with Crippen LogP contribution in [-0.2, 0) is 14.4 Å². The van der Waals surface area contributed by atoms with Gasteiger partial charge in [-0.2, -0.15) is 0 Å². The molecule has 0 radical (unpaired) electrons. The molecule has 6 nitrogen and oxygen atoms in total. The zero-order valence-electron chi connectivity index (χ0n) is 10.4. The van der Waals surface area contributed by atoms with Crippen molar-refractivity contribution < 1.29 is 20.6 Å². The van der Waals surface area contributed by atoms with Crippen LogP contribution in [0.15, 0.2) is 17.3 Å². The van der Waals surface area contributed by atoms with Gasteiger partial charge >= 0.3 is 12.1 Å². The van der Waals surface area contributed by atoms with Crippen molar-refractivity contribution in [2.75, 3.05) is 13.2 Å². The first-order valence-electron chi connectivity index (χ1n) is 5.28. The van der Waals surface area contributed by atoms with Crippen molar-refractivity contribution in [3.8, 4) is 0 Å². The van der Waals surface area contributed by atoms with Crippen LogP contribution in [0.3, 0.4) is 0 Å². The lowest BCUT2D eigenvalue weighted by Crippen LogP contribution is -2.27. The predicted octanol–water partition coefficient (Wildman–Crippen LogP) is 1.86. The molecule has 1 N–H and O–H groups in total. The van der Waals surface area contributed by atoms with Gasteiger partial charge in [-0.15, -0.1) is 0 Å². The molecule has 0 aliphatic carbocycles. The molecule has 0 atom stereocenters. The van der Waals surface area contributed by atoms with Crippen molar-refractivity contribution in [1.82, 2.24) is 5.32 Å². The molecule has 0 spiro atoms. The summed E-state index contributed by atoms with van der Waals surface area (Å²) in [5, 5.41) is 5.95. The summed E-state index contributed by atoms with van der Waals surface area (Å²) >= 11 is 0. The van der Waals surface area contributed by atoms with Crippen molar-refractivity contribution in [3.05, 3.63) is 12.2 Å². The van der Waals surface area contributed by atoms with Gasteiger partial charge in [0.15, 0.2) is 0 Å². The first-order valence-corrected chi connectivity index (χ1v) is 5.28. The second-order valence-corrected chi connectivity index (χ2v) is 3.40. The maximum absolute atomic E-state index is 11.0. The van der Waals surface area contributed by atoms with Gasteiger partial charge in [-0.05, 0) is 20.3 Å². The third-order valence-corrected chi connectivity index (χ3v) is 1.75. The number of rotatable bonds is 6. The molecule has 1 amide bonds. The second-order valence-electron chi connectivity index (χ2n) is 3.40. The third kappa shape index (κ3) is 8.01. The molecule has 0 saturated carbocycles. The Hall–Kier alpha value is -1.85. The number of ether oxygens (including phenoxy) is 1. The molecule has 0 unspecified atom stereocenters. The summed E-state index contributed by atoms with van der Waals surface area (Å²) < 4.78 is 4.76. The van der Waals surface area contributed by atoms with Gasteiger partial charge in [0, 0.05) is 7.00 Å². The summed E-state index contributed by atoms with van der Waals surface area (Å²) in [5.41, 5.74) is 1.03. The topological polar surface area (TPSA) is 77.0 Å². The highest BCUT2D eigenvalue weighted by atomic mass is 16.7. The number of carbonyl (C=O) groups excluding carboxylic acids is 2. The summed E-state index contributed by atoms with van der Waals surface area (Å²) in [7, 11) is 0. The molecule has 0 bridgehead atoms.